The monoisotopic (exact) mass is 901 g/mol. The molecule has 0 amide bonds. The Morgan fingerprint density at radius 1 is 0.859 bits per heavy atom. The van der Waals surface area contributed by atoms with E-state index in [2.05, 4.69) is 126 Å². The summed E-state index contributed by atoms with van der Waals surface area (Å²) >= 11 is 1.79. The average molecular weight is 902 g/mol. The largest absolute Gasteiger partial charge is 0.377 e. The molecule has 14 heteroatoms. The number of nitrogens with zero attached hydrogens (tertiary/aromatic N) is 8. The number of rotatable bonds is 13. The summed E-state index contributed by atoms with van der Waals surface area (Å²) in [4.78, 5) is 20.7. The van der Waals surface area contributed by atoms with Gasteiger partial charge in [-0.3, -0.25) is 14.1 Å². The first-order chi connectivity index (χ1) is 31.3. The van der Waals surface area contributed by atoms with Gasteiger partial charge in [0.15, 0.2) is 5.82 Å². The van der Waals surface area contributed by atoms with Gasteiger partial charge < -0.3 is 25.8 Å². The fourth-order valence-corrected chi connectivity index (χ4v) is 12.3. The molecule has 64 heavy (non-hydrogen) atoms. The van der Waals surface area contributed by atoms with Crippen LogP contribution in [0.4, 0.5) is 44.1 Å². The van der Waals surface area contributed by atoms with Crippen molar-refractivity contribution in [3.8, 4) is 0 Å². The van der Waals surface area contributed by atoms with Crippen LogP contribution in [0.15, 0.2) is 90.2 Å². The van der Waals surface area contributed by atoms with E-state index in [0.717, 1.165) is 68.1 Å². The van der Waals surface area contributed by atoms with Crippen LogP contribution in [0.2, 0.25) is 0 Å². The molecule has 4 fully saturated rings. The van der Waals surface area contributed by atoms with Crippen LogP contribution in [-0.4, -0.2) is 109 Å². The highest BCUT2D eigenvalue weighted by Crippen LogP contribution is 2.54. The number of hydrogen-bond acceptors (Lipinski definition) is 13. The number of aromatic nitrogens is 2. The van der Waals surface area contributed by atoms with E-state index in [1.807, 2.05) is 4.31 Å². The first-order valence-electron chi connectivity index (χ1n) is 23.7. The second-order valence-corrected chi connectivity index (χ2v) is 20.1. The lowest BCUT2D eigenvalue weighted by Crippen LogP contribution is -2.54. The van der Waals surface area contributed by atoms with E-state index in [1.54, 1.807) is 18.3 Å². The predicted molar refractivity (Wildman–Crippen MR) is 266 cm³/mol. The molecule has 1 unspecified atom stereocenters. The quantitative estimate of drug-likeness (QED) is 0.112. The number of hydrogen-bond donors (Lipinski definition) is 3. The van der Waals surface area contributed by atoms with Crippen molar-refractivity contribution >= 4 is 64.5 Å². The Morgan fingerprint density at radius 2 is 1.62 bits per heavy atom. The topological polar surface area (TPSA) is 81.3 Å². The minimum absolute atomic E-state index is 0.198. The number of para-hydroxylation sites is 1. The Labute approximate surface area is 388 Å². The van der Waals surface area contributed by atoms with E-state index >= 15 is 0 Å². The Morgan fingerprint density at radius 3 is 2.36 bits per heavy atom. The molecule has 0 saturated carbocycles. The van der Waals surface area contributed by atoms with E-state index in [4.69, 9.17) is 4.98 Å². The minimum Gasteiger partial charge on any atom is -0.377 e. The van der Waals surface area contributed by atoms with E-state index in [-0.39, 0.29) is 18.2 Å². The van der Waals surface area contributed by atoms with Gasteiger partial charge in [-0.25, -0.2) is 9.29 Å². The van der Waals surface area contributed by atoms with Gasteiger partial charge in [-0.05, 0) is 130 Å². The lowest BCUT2D eigenvalue weighted by atomic mass is 9.89. The molecule has 7 heterocycles. The van der Waals surface area contributed by atoms with Gasteiger partial charge >= 0.3 is 0 Å². The second-order valence-electron chi connectivity index (χ2n) is 18.6. The predicted octanol–water partition coefficient (Wildman–Crippen LogP) is 9.80. The number of piperazine rings is 1. The Kier molecular flexibility index (Phi) is 13.0. The molecule has 0 spiro atoms. The van der Waals surface area contributed by atoms with Crippen LogP contribution in [0, 0.1) is 6.92 Å². The SMILES string of the molecule is C=C1CCC(Nc2ccc(C3CCN(CCN4CCN(C5CCN(c6cc(CC)c(Nc7ncc(SF)c(N8SN9CCc%10cccc8c%109)n7)cc6C)CC5)CC4)CC3)cc2)C(=C)N1. The number of likely N-dealkylation sites (tertiary alicyclic amines) is 1. The van der Waals surface area contributed by atoms with Crippen LogP contribution in [0.3, 0.4) is 0 Å². The number of benzene rings is 3. The number of aryl methyl sites for hydroxylation is 2. The third kappa shape index (κ3) is 9.18. The number of nitrogens with one attached hydrogen (secondary N) is 3. The molecule has 4 saturated heterocycles. The first kappa shape index (κ1) is 43.4. The second kappa shape index (κ2) is 19.2. The van der Waals surface area contributed by atoms with Gasteiger partial charge in [0.1, 0.15) is 4.90 Å². The smallest absolute Gasteiger partial charge is 0.229 e. The molecule has 11 nitrogen and oxygen atoms in total. The van der Waals surface area contributed by atoms with E-state index in [9.17, 15) is 3.89 Å². The number of piperidine rings is 3. The van der Waals surface area contributed by atoms with Gasteiger partial charge in [0.25, 0.3) is 0 Å². The van der Waals surface area contributed by atoms with E-state index in [0.29, 0.717) is 28.6 Å². The molecule has 4 aromatic rings. The fourth-order valence-electron chi connectivity index (χ4n) is 10.9. The molecular formula is C50H64FN11S2. The number of anilines is 7. The van der Waals surface area contributed by atoms with Crippen molar-refractivity contribution in [2.45, 2.75) is 88.1 Å². The van der Waals surface area contributed by atoms with Crippen LogP contribution in [-0.2, 0) is 12.8 Å². The van der Waals surface area contributed by atoms with Crippen LogP contribution >= 0.6 is 24.3 Å². The van der Waals surface area contributed by atoms with Crippen molar-refractivity contribution < 1.29 is 3.89 Å². The molecule has 10 rings (SSSR count). The summed E-state index contributed by atoms with van der Waals surface area (Å²) in [6.45, 7) is 25.2. The maximum Gasteiger partial charge on any atom is 0.229 e. The Balaban J connectivity index is 0.670. The van der Waals surface area contributed by atoms with Crippen LogP contribution in [0.5, 0.6) is 0 Å². The van der Waals surface area contributed by atoms with Crippen molar-refractivity contribution in [2.75, 3.05) is 96.1 Å². The standard InChI is InChI=1S/C50H64FN11S2/c1-5-37-32-46(34(2)31-44(37)55-50-52-33-47(63-51)49(56-50)62-45-8-6-7-40-17-24-61(64-62)48(40)45)60-22-18-42(19-23-60)59-29-27-58(28-30-59)26-25-57-20-15-39(16-21-57)38-10-12-41(13-11-38)54-43-14-9-35(3)53-36(43)4/h6-8,10-13,31-33,39,42-43,53-54H,3-5,9,14-30H2,1-2H3,(H,52,55,56). The van der Waals surface area contributed by atoms with Gasteiger partial charge in [-0.1, -0.05) is 44.3 Å². The molecule has 6 aliphatic rings. The fraction of sp³-hybridized carbons (Fsp3) is 0.480. The van der Waals surface area contributed by atoms with Gasteiger partial charge in [-0.2, -0.15) is 8.87 Å². The normalized spacial score (nSPS) is 21.4. The summed E-state index contributed by atoms with van der Waals surface area (Å²) in [7, 11) is 0. The zero-order chi connectivity index (χ0) is 43.7. The minimum atomic E-state index is 0.198. The van der Waals surface area contributed by atoms with Crippen molar-refractivity contribution in [3.05, 3.63) is 108 Å². The van der Waals surface area contributed by atoms with Crippen LogP contribution < -0.4 is 29.5 Å². The maximum atomic E-state index is 14.2. The number of allylic oxidation sites excluding steroid dienone is 1. The van der Waals surface area contributed by atoms with Gasteiger partial charge in [0.2, 0.25) is 5.95 Å². The highest BCUT2D eigenvalue weighted by Gasteiger charge is 2.37. The molecule has 0 bridgehead atoms. The van der Waals surface area contributed by atoms with Crippen LogP contribution in [0.25, 0.3) is 0 Å². The molecular weight excluding hydrogens is 838 g/mol. The zero-order valence-electron chi connectivity index (χ0n) is 37.6. The summed E-state index contributed by atoms with van der Waals surface area (Å²) in [6, 6.07) is 21.1. The Hall–Kier alpha value is -4.47. The Bertz CT molecular complexity index is 2320. The van der Waals surface area contributed by atoms with Gasteiger partial charge in [0.05, 0.1) is 47.9 Å². The summed E-state index contributed by atoms with van der Waals surface area (Å²) in [5.74, 6) is 1.70. The van der Waals surface area contributed by atoms with Crippen molar-refractivity contribution in [2.24, 2.45) is 0 Å². The first-order valence-corrected chi connectivity index (χ1v) is 25.1. The molecule has 0 aliphatic carbocycles. The average Bonchev–Trinajstić information content (AvgIpc) is 3.93. The van der Waals surface area contributed by atoms with Crippen molar-refractivity contribution in [1.82, 2.24) is 30.0 Å². The highest BCUT2D eigenvalue weighted by molar-refractivity contribution is 8.02. The maximum absolute atomic E-state index is 14.2. The van der Waals surface area contributed by atoms with Crippen LogP contribution in [0.1, 0.15) is 73.6 Å². The molecule has 0 radical (unpaired) electrons. The molecule has 1 atom stereocenters. The molecule has 1 aromatic heterocycles. The lowest BCUT2D eigenvalue weighted by Gasteiger charge is -2.44. The summed E-state index contributed by atoms with van der Waals surface area (Å²) in [5, 5.41) is 10.5. The van der Waals surface area contributed by atoms with Gasteiger partial charge in [-0.15, -0.1) is 0 Å². The number of halogens is 1. The third-order valence-corrected chi connectivity index (χ3v) is 16.2. The van der Waals surface area contributed by atoms with Gasteiger partial charge in [0, 0.05) is 93.4 Å². The van der Waals surface area contributed by atoms with Crippen molar-refractivity contribution in [3.63, 3.8) is 0 Å². The molecule has 3 N–H and O–H groups in total. The van der Waals surface area contributed by atoms with E-state index in [1.165, 1.54) is 117 Å². The highest BCUT2D eigenvalue weighted by atomic mass is 32.2. The molecule has 338 valence electrons. The summed E-state index contributed by atoms with van der Waals surface area (Å²) in [6.07, 6.45) is 10.4. The van der Waals surface area contributed by atoms with E-state index < -0.39 is 0 Å². The summed E-state index contributed by atoms with van der Waals surface area (Å²) < 4.78 is 18.6. The zero-order valence-corrected chi connectivity index (χ0v) is 39.3. The molecule has 6 aliphatic heterocycles. The molecule has 3 aromatic carbocycles. The summed E-state index contributed by atoms with van der Waals surface area (Å²) in [5.41, 5.74) is 13.1. The van der Waals surface area contributed by atoms with Crippen molar-refractivity contribution in [1.29, 1.82) is 0 Å². The lowest BCUT2D eigenvalue weighted by molar-refractivity contribution is 0.0757. The third-order valence-electron chi connectivity index (χ3n) is 14.7.